The molecule has 1 rings (SSSR count). The standard InChI is InChI=1S/C7H11N3O2S2/c1-13-4-6-9-10-7(12-6)14-3-2-5(8)11/h2-4H2,1H3,(H2,8,11). The molecule has 0 bridgehead atoms. The molecule has 1 heterocycles. The quantitative estimate of drug-likeness (QED) is 0.735. The highest BCUT2D eigenvalue weighted by Crippen LogP contribution is 2.18. The SMILES string of the molecule is CSCc1nnc(SCCC(N)=O)o1. The first-order chi connectivity index (χ1) is 6.72. The van der Waals surface area contributed by atoms with Crippen LogP contribution in [-0.4, -0.2) is 28.1 Å². The molecule has 0 radical (unpaired) electrons. The summed E-state index contributed by atoms with van der Waals surface area (Å²) in [5, 5.41) is 8.14. The summed E-state index contributed by atoms with van der Waals surface area (Å²) in [7, 11) is 0. The van der Waals surface area contributed by atoms with E-state index in [1.807, 2.05) is 6.26 Å². The summed E-state index contributed by atoms with van der Waals surface area (Å²) in [5.74, 6) is 1.58. The maximum Gasteiger partial charge on any atom is 0.276 e. The van der Waals surface area contributed by atoms with Crippen LogP contribution in [0.1, 0.15) is 12.3 Å². The summed E-state index contributed by atoms with van der Waals surface area (Å²) < 4.78 is 5.27. The molecule has 2 N–H and O–H groups in total. The van der Waals surface area contributed by atoms with Crippen molar-refractivity contribution < 1.29 is 9.21 Å². The van der Waals surface area contributed by atoms with E-state index < -0.39 is 0 Å². The lowest BCUT2D eigenvalue weighted by Gasteiger charge is -1.91. The first kappa shape index (κ1) is 11.4. The molecular weight excluding hydrogens is 222 g/mol. The molecule has 0 unspecified atom stereocenters. The summed E-state index contributed by atoms with van der Waals surface area (Å²) in [4.78, 5) is 10.4. The summed E-state index contributed by atoms with van der Waals surface area (Å²) in [6.45, 7) is 0. The first-order valence-corrected chi connectivity index (χ1v) is 6.32. The van der Waals surface area contributed by atoms with Gasteiger partial charge in [-0.15, -0.1) is 10.2 Å². The Morgan fingerprint density at radius 2 is 2.36 bits per heavy atom. The van der Waals surface area contributed by atoms with Gasteiger partial charge in [-0.05, 0) is 6.26 Å². The van der Waals surface area contributed by atoms with Crippen LogP contribution in [0.4, 0.5) is 0 Å². The topological polar surface area (TPSA) is 82.0 Å². The van der Waals surface area contributed by atoms with Crippen molar-refractivity contribution in [3.63, 3.8) is 0 Å². The number of aromatic nitrogens is 2. The van der Waals surface area contributed by atoms with Gasteiger partial charge in [-0.1, -0.05) is 11.8 Å². The fourth-order valence-corrected chi connectivity index (χ4v) is 1.81. The number of carbonyl (C=O) groups excluding carboxylic acids is 1. The van der Waals surface area contributed by atoms with Crippen molar-refractivity contribution in [2.45, 2.75) is 17.4 Å². The van der Waals surface area contributed by atoms with Gasteiger partial charge in [0.05, 0.1) is 5.75 Å². The zero-order valence-electron chi connectivity index (χ0n) is 7.73. The van der Waals surface area contributed by atoms with Crippen molar-refractivity contribution >= 4 is 29.4 Å². The molecule has 14 heavy (non-hydrogen) atoms. The second-order valence-electron chi connectivity index (χ2n) is 2.46. The molecule has 7 heteroatoms. The number of nitrogens with zero attached hydrogens (tertiary/aromatic N) is 2. The predicted molar refractivity (Wildman–Crippen MR) is 56.1 cm³/mol. The lowest BCUT2D eigenvalue weighted by Crippen LogP contribution is -2.10. The maximum atomic E-state index is 10.4. The van der Waals surface area contributed by atoms with Gasteiger partial charge in [0, 0.05) is 12.2 Å². The van der Waals surface area contributed by atoms with Gasteiger partial charge in [0.25, 0.3) is 5.22 Å². The number of rotatable bonds is 6. The largest absolute Gasteiger partial charge is 0.415 e. The van der Waals surface area contributed by atoms with E-state index in [4.69, 9.17) is 10.2 Å². The van der Waals surface area contributed by atoms with Gasteiger partial charge in [0.15, 0.2) is 0 Å². The minimum Gasteiger partial charge on any atom is -0.415 e. The smallest absolute Gasteiger partial charge is 0.276 e. The van der Waals surface area contributed by atoms with Gasteiger partial charge in [0.2, 0.25) is 11.8 Å². The number of nitrogens with two attached hydrogens (primary N) is 1. The van der Waals surface area contributed by atoms with E-state index in [9.17, 15) is 4.79 Å². The number of carbonyl (C=O) groups is 1. The Hall–Kier alpha value is -0.690. The summed E-state index contributed by atoms with van der Waals surface area (Å²) in [5.41, 5.74) is 4.99. The Labute approximate surface area is 90.2 Å². The Bertz CT molecular complexity index is 303. The molecule has 0 aromatic carbocycles. The van der Waals surface area contributed by atoms with E-state index in [0.29, 0.717) is 29.0 Å². The Balaban J connectivity index is 2.32. The minimum absolute atomic E-state index is 0.318. The summed E-state index contributed by atoms with van der Waals surface area (Å²) >= 11 is 2.96. The molecular formula is C7H11N3O2S2. The van der Waals surface area contributed by atoms with Crippen LogP contribution >= 0.6 is 23.5 Å². The van der Waals surface area contributed by atoms with Crippen LogP contribution in [0.15, 0.2) is 9.64 Å². The van der Waals surface area contributed by atoms with Crippen molar-refractivity contribution in [1.82, 2.24) is 10.2 Å². The highest BCUT2D eigenvalue weighted by molar-refractivity contribution is 7.99. The van der Waals surface area contributed by atoms with Gasteiger partial charge in [-0.3, -0.25) is 4.79 Å². The zero-order chi connectivity index (χ0) is 10.4. The van der Waals surface area contributed by atoms with Gasteiger partial charge < -0.3 is 10.2 Å². The van der Waals surface area contributed by atoms with Gasteiger partial charge in [0.1, 0.15) is 0 Å². The van der Waals surface area contributed by atoms with Gasteiger partial charge in [-0.25, -0.2) is 0 Å². The highest BCUT2D eigenvalue weighted by atomic mass is 32.2. The predicted octanol–water partition coefficient (Wildman–Crippen LogP) is 0.900. The van der Waals surface area contributed by atoms with E-state index in [2.05, 4.69) is 10.2 Å². The molecule has 0 fully saturated rings. The molecule has 1 amide bonds. The number of hydrogen-bond donors (Lipinski definition) is 1. The fourth-order valence-electron chi connectivity index (χ4n) is 0.717. The molecule has 0 aliphatic heterocycles. The molecule has 0 aliphatic carbocycles. The van der Waals surface area contributed by atoms with Crippen LogP contribution < -0.4 is 5.73 Å². The van der Waals surface area contributed by atoms with Crippen molar-refractivity contribution in [2.75, 3.05) is 12.0 Å². The molecule has 0 atom stereocenters. The van der Waals surface area contributed by atoms with Crippen LogP contribution in [0, 0.1) is 0 Å². The maximum absolute atomic E-state index is 10.4. The van der Waals surface area contributed by atoms with Gasteiger partial charge in [-0.2, -0.15) is 11.8 Å². The van der Waals surface area contributed by atoms with Crippen molar-refractivity contribution in [3.05, 3.63) is 5.89 Å². The van der Waals surface area contributed by atoms with Crippen LogP contribution in [-0.2, 0) is 10.5 Å². The zero-order valence-corrected chi connectivity index (χ0v) is 9.36. The average molecular weight is 233 g/mol. The monoisotopic (exact) mass is 233 g/mol. The van der Waals surface area contributed by atoms with Crippen LogP contribution in [0.3, 0.4) is 0 Å². The second kappa shape index (κ2) is 5.92. The van der Waals surface area contributed by atoms with Crippen LogP contribution in [0.5, 0.6) is 0 Å². The van der Waals surface area contributed by atoms with Crippen molar-refractivity contribution in [2.24, 2.45) is 5.73 Å². The Morgan fingerprint density at radius 1 is 1.57 bits per heavy atom. The second-order valence-corrected chi connectivity index (χ2v) is 4.37. The fraction of sp³-hybridized carbons (Fsp3) is 0.571. The molecule has 1 aromatic heterocycles. The third-order valence-electron chi connectivity index (χ3n) is 1.29. The summed E-state index contributed by atoms with van der Waals surface area (Å²) in [6, 6.07) is 0. The number of amides is 1. The third-order valence-corrected chi connectivity index (χ3v) is 2.65. The third kappa shape index (κ3) is 4.01. The van der Waals surface area contributed by atoms with Crippen molar-refractivity contribution in [3.8, 4) is 0 Å². The number of primary amides is 1. The van der Waals surface area contributed by atoms with Crippen LogP contribution in [0.25, 0.3) is 0 Å². The van der Waals surface area contributed by atoms with E-state index in [1.165, 1.54) is 11.8 Å². The molecule has 78 valence electrons. The number of hydrogen-bond acceptors (Lipinski definition) is 6. The van der Waals surface area contributed by atoms with E-state index in [1.54, 1.807) is 11.8 Å². The lowest BCUT2D eigenvalue weighted by molar-refractivity contribution is -0.117. The molecule has 0 saturated heterocycles. The normalized spacial score (nSPS) is 10.4. The first-order valence-electron chi connectivity index (χ1n) is 3.95. The Kier molecular flexibility index (Phi) is 4.81. The minimum atomic E-state index is -0.318. The molecule has 5 nitrogen and oxygen atoms in total. The average Bonchev–Trinajstić information content (AvgIpc) is 2.53. The van der Waals surface area contributed by atoms with E-state index in [0.717, 1.165) is 0 Å². The van der Waals surface area contributed by atoms with E-state index >= 15 is 0 Å². The van der Waals surface area contributed by atoms with Crippen molar-refractivity contribution in [1.29, 1.82) is 0 Å². The van der Waals surface area contributed by atoms with E-state index in [-0.39, 0.29) is 5.91 Å². The van der Waals surface area contributed by atoms with Gasteiger partial charge >= 0.3 is 0 Å². The lowest BCUT2D eigenvalue weighted by atomic mass is 10.5. The number of thioether (sulfide) groups is 2. The summed E-state index contributed by atoms with van der Waals surface area (Å²) in [6.07, 6.45) is 2.29. The highest BCUT2D eigenvalue weighted by Gasteiger charge is 2.06. The Morgan fingerprint density at radius 3 is 3.00 bits per heavy atom. The van der Waals surface area contributed by atoms with Crippen LogP contribution in [0.2, 0.25) is 0 Å². The molecule has 0 spiro atoms. The molecule has 0 aliphatic rings. The molecule has 1 aromatic rings. The molecule has 0 saturated carbocycles.